The number of carboxylic acid groups (broad SMARTS) is 1. The average molecular weight is 606 g/mol. The van der Waals surface area contributed by atoms with E-state index >= 15 is 0 Å². The summed E-state index contributed by atoms with van der Waals surface area (Å²) < 4.78 is 73.6. The average Bonchev–Trinajstić information content (AvgIpc) is 3.35. The molecule has 4 N–H and O–H groups in total. The topological polar surface area (TPSA) is 148 Å². The van der Waals surface area contributed by atoms with Gasteiger partial charge in [0.2, 0.25) is 17.9 Å². The largest absolute Gasteiger partial charge is 0.480 e. The van der Waals surface area contributed by atoms with Gasteiger partial charge in [-0.1, -0.05) is 36.4 Å². The van der Waals surface area contributed by atoms with Crippen molar-refractivity contribution in [3.63, 3.8) is 0 Å². The van der Waals surface area contributed by atoms with Crippen molar-refractivity contribution in [3.05, 3.63) is 60.2 Å². The summed E-state index contributed by atoms with van der Waals surface area (Å²) in [5.74, 6) is -1.25. The number of anilines is 2. The number of carboxylic acids is 1. The van der Waals surface area contributed by atoms with Crippen molar-refractivity contribution >= 4 is 27.6 Å². The first-order valence-electron chi connectivity index (χ1n) is 13.2. The number of piperidine rings is 1. The molecule has 0 amide bonds. The zero-order valence-corrected chi connectivity index (χ0v) is 23.5. The Morgan fingerprint density at radius 2 is 1.83 bits per heavy atom. The van der Waals surface area contributed by atoms with Crippen molar-refractivity contribution in [1.82, 2.24) is 15.3 Å². The molecule has 3 aromatic rings. The van der Waals surface area contributed by atoms with Crippen LogP contribution in [0.1, 0.15) is 30.9 Å². The highest BCUT2D eigenvalue weighted by Gasteiger charge is 2.46. The van der Waals surface area contributed by atoms with Crippen LogP contribution in [0.5, 0.6) is 5.88 Å². The van der Waals surface area contributed by atoms with Gasteiger partial charge in [0.05, 0.1) is 4.90 Å². The molecule has 1 spiro atoms. The van der Waals surface area contributed by atoms with Crippen molar-refractivity contribution in [2.24, 2.45) is 5.41 Å². The number of hydrogen-bond acceptors (Lipinski definition) is 9. The molecule has 42 heavy (non-hydrogen) atoms. The van der Waals surface area contributed by atoms with Crippen LogP contribution in [-0.4, -0.2) is 67.6 Å². The van der Waals surface area contributed by atoms with Crippen LogP contribution >= 0.6 is 0 Å². The zero-order chi connectivity index (χ0) is 30.3. The lowest BCUT2D eigenvalue weighted by atomic mass is 9.76. The summed E-state index contributed by atoms with van der Waals surface area (Å²) in [5.41, 5.74) is 5.86. The Morgan fingerprint density at radius 3 is 2.43 bits per heavy atom. The number of nitrogens with two attached hydrogens (primary N) is 1. The first kappa shape index (κ1) is 29.6. The number of nitrogen functional groups attached to an aromatic ring is 1. The predicted molar refractivity (Wildman–Crippen MR) is 149 cm³/mol. The summed E-state index contributed by atoms with van der Waals surface area (Å²) in [6, 6.07) is 12.3. The van der Waals surface area contributed by atoms with Gasteiger partial charge in [-0.05, 0) is 47.9 Å². The molecule has 5 rings (SSSR count). The summed E-state index contributed by atoms with van der Waals surface area (Å²) in [6.45, 7) is 1.57. The van der Waals surface area contributed by atoms with Gasteiger partial charge in [0, 0.05) is 37.5 Å². The van der Waals surface area contributed by atoms with E-state index in [-0.39, 0.29) is 33.3 Å². The van der Waals surface area contributed by atoms with Crippen molar-refractivity contribution in [2.75, 3.05) is 36.5 Å². The molecule has 0 aliphatic carbocycles. The van der Waals surface area contributed by atoms with Crippen molar-refractivity contribution in [3.8, 4) is 17.0 Å². The van der Waals surface area contributed by atoms with E-state index in [1.165, 1.54) is 12.1 Å². The second kappa shape index (κ2) is 11.1. The van der Waals surface area contributed by atoms with Crippen LogP contribution < -0.4 is 20.7 Å². The molecular formula is C28H30F3N5O5S. The molecule has 14 heteroatoms. The number of benzene rings is 2. The third kappa shape index (κ3) is 6.28. The van der Waals surface area contributed by atoms with E-state index in [4.69, 9.17) is 10.5 Å². The molecule has 0 bridgehead atoms. The molecule has 2 aromatic carbocycles. The molecule has 1 aromatic heterocycles. The number of ether oxygens (including phenoxy) is 1. The highest BCUT2D eigenvalue weighted by atomic mass is 32.2. The number of halogens is 3. The first-order chi connectivity index (χ1) is 19.7. The van der Waals surface area contributed by atoms with Crippen LogP contribution in [0.3, 0.4) is 0 Å². The Hall–Kier alpha value is -3.91. The van der Waals surface area contributed by atoms with Gasteiger partial charge in [0.15, 0.2) is 9.84 Å². The maximum absolute atomic E-state index is 14.6. The van der Waals surface area contributed by atoms with Crippen LogP contribution in [0.4, 0.5) is 24.9 Å². The summed E-state index contributed by atoms with van der Waals surface area (Å²) in [6.07, 6.45) is -4.57. The number of rotatable bonds is 7. The smallest absolute Gasteiger partial charge is 0.429 e. The third-order valence-electron chi connectivity index (χ3n) is 7.87. The van der Waals surface area contributed by atoms with Crippen LogP contribution in [0.25, 0.3) is 11.1 Å². The molecule has 10 nitrogen and oxygen atoms in total. The summed E-state index contributed by atoms with van der Waals surface area (Å²) in [5, 5.41) is 12.4. The van der Waals surface area contributed by atoms with Gasteiger partial charge in [0.1, 0.15) is 11.9 Å². The number of alkyl halides is 3. The Kier molecular flexibility index (Phi) is 7.79. The van der Waals surface area contributed by atoms with E-state index in [0.717, 1.165) is 18.4 Å². The fourth-order valence-corrected chi connectivity index (χ4v) is 6.27. The molecule has 224 valence electrons. The van der Waals surface area contributed by atoms with Gasteiger partial charge in [-0.2, -0.15) is 23.1 Å². The number of sulfone groups is 1. The SMILES string of the molecule is CS(=O)(=O)c1ccc(C(Oc2cc(N3CCC4(CC3)CN[C@H](C(=O)O)C4)nc(N)n2)C(F)(F)F)c(-c2ccccc2)c1. The number of nitrogens with one attached hydrogen (secondary N) is 1. The Labute approximate surface area is 240 Å². The monoisotopic (exact) mass is 605 g/mol. The zero-order valence-electron chi connectivity index (χ0n) is 22.6. The summed E-state index contributed by atoms with van der Waals surface area (Å²) >= 11 is 0. The van der Waals surface area contributed by atoms with Gasteiger partial charge in [-0.15, -0.1) is 0 Å². The van der Waals surface area contributed by atoms with E-state index < -0.39 is 34.1 Å². The molecule has 0 radical (unpaired) electrons. The lowest BCUT2D eigenvalue weighted by molar-refractivity contribution is -0.198. The van der Waals surface area contributed by atoms with Gasteiger partial charge < -0.3 is 25.8 Å². The number of nitrogens with zero attached hydrogens (tertiary/aromatic N) is 3. The standard InChI is InChI=1S/C28H30F3N5O5S/c1-42(39,40)18-7-8-19(20(13-18)17-5-3-2-4-6-17)24(28(29,30)31)41-23-14-22(34-26(32)35-23)36-11-9-27(10-12-36)15-21(25(37)38)33-16-27/h2-8,13-14,21,24,33H,9-12,15-16H2,1H3,(H,37,38)(H2,32,34,35)/t21-,24?/m0/s1. The Balaban J connectivity index is 1.44. The van der Waals surface area contributed by atoms with Crippen LogP contribution in [-0.2, 0) is 14.6 Å². The summed E-state index contributed by atoms with van der Waals surface area (Å²) in [7, 11) is -3.71. The first-order valence-corrected chi connectivity index (χ1v) is 15.1. The molecule has 3 heterocycles. The van der Waals surface area contributed by atoms with Crippen LogP contribution in [0.15, 0.2) is 59.5 Å². The van der Waals surface area contributed by atoms with Crippen molar-refractivity contribution in [2.45, 2.75) is 42.5 Å². The van der Waals surface area contributed by atoms with Gasteiger partial charge in [-0.3, -0.25) is 4.79 Å². The highest BCUT2D eigenvalue weighted by molar-refractivity contribution is 7.90. The number of hydrogen-bond donors (Lipinski definition) is 3. The Morgan fingerprint density at radius 1 is 1.14 bits per heavy atom. The maximum atomic E-state index is 14.6. The fraction of sp³-hybridized carbons (Fsp3) is 0.393. The number of aliphatic carboxylic acids is 1. The second-order valence-corrected chi connectivity index (χ2v) is 12.8. The van der Waals surface area contributed by atoms with Crippen LogP contribution in [0, 0.1) is 5.41 Å². The second-order valence-electron chi connectivity index (χ2n) is 10.8. The minimum atomic E-state index is -4.90. The number of carbonyl (C=O) groups is 1. The van der Waals surface area contributed by atoms with E-state index in [0.29, 0.717) is 50.3 Å². The number of aromatic nitrogens is 2. The molecule has 2 fully saturated rings. The minimum absolute atomic E-state index is 0.0502. The van der Waals surface area contributed by atoms with E-state index in [1.54, 1.807) is 30.3 Å². The molecule has 2 aliphatic heterocycles. The molecule has 1 unspecified atom stereocenters. The Bertz CT molecular complexity index is 1580. The lowest BCUT2D eigenvalue weighted by Crippen LogP contribution is -2.41. The molecule has 2 atom stereocenters. The third-order valence-corrected chi connectivity index (χ3v) is 8.98. The fourth-order valence-electron chi connectivity index (χ4n) is 5.63. The predicted octanol–water partition coefficient (Wildman–Crippen LogP) is 3.84. The molecular weight excluding hydrogens is 575 g/mol. The normalized spacial score (nSPS) is 19.5. The van der Waals surface area contributed by atoms with Gasteiger partial charge in [0.25, 0.3) is 0 Å². The molecule has 2 aliphatic rings. The van der Waals surface area contributed by atoms with E-state index in [9.17, 15) is 31.5 Å². The van der Waals surface area contributed by atoms with Crippen molar-refractivity contribution < 1.29 is 36.2 Å². The molecule has 0 saturated carbocycles. The van der Waals surface area contributed by atoms with E-state index in [2.05, 4.69) is 15.3 Å². The van der Waals surface area contributed by atoms with Crippen molar-refractivity contribution in [1.29, 1.82) is 0 Å². The van der Waals surface area contributed by atoms with Gasteiger partial charge in [-0.25, -0.2) is 8.42 Å². The highest BCUT2D eigenvalue weighted by Crippen LogP contribution is 2.43. The van der Waals surface area contributed by atoms with E-state index in [1.807, 2.05) is 4.90 Å². The minimum Gasteiger partial charge on any atom is -0.480 e. The summed E-state index contributed by atoms with van der Waals surface area (Å²) in [4.78, 5) is 21.3. The van der Waals surface area contributed by atoms with Gasteiger partial charge >= 0.3 is 12.1 Å². The van der Waals surface area contributed by atoms with Crippen LogP contribution in [0.2, 0.25) is 0 Å². The lowest BCUT2D eigenvalue weighted by Gasteiger charge is -2.39. The molecule has 2 saturated heterocycles. The quantitative estimate of drug-likeness (QED) is 0.363. The maximum Gasteiger partial charge on any atom is 0.429 e.